The summed E-state index contributed by atoms with van der Waals surface area (Å²) in [4.78, 5) is 44.9. The first-order valence-electron chi connectivity index (χ1n) is 11.2. The van der Waals surface area contributed by atoms with Crippen molar-refractivity contribution >= 4 is 17.7 Å². The van der Waals surface area contributed by atoms with Gasteiger partial charge in [-0.1, -0.05) is 56.0 Å². The van der Waals surface area contributed by atoms with Crippen molar-refractivity contribution in [3.8, 4) is 0 Å². The van der Waals surface area contributed by atoms with Crippen LogP contribution in [0.2, 0.25) is 0 Å². The number of rotatable bonds is 10. The van der Waals surface area contributed by atoms with Gasteiger partial charge in [0.2, 0.25) is 5.91 Å². The Labute approximate surface area is 177 Å². The molecule has 3 aliphatic rings. The normalized spacial score (nSPS) is 23.4. The van der Waals surface area contributed by atoms with Crippen LogP contribution < -0.4 is 5.32 Å². The highest BCUT2D eigenvalue weighted by atomic mass is 16.7. The SMILES string of the molecule is O=C(CCCC1CCC1)CNC(=O)[C@@H]1CC[C@@H]2CN1C(=O)N2OCc1ccccc1. The Kier molecular flexibility index (Phi) is 6.67. The van der Waals surface area contributed by atoms with E-state index in [9.17, 15) is 14.4 Å². The van der Waals surface area contributed by atoms with Gasteiger partial charge in [-0.15, -0.1) is 0 Å². The molecular formula is C23H31N3O4. The number of ketones is 1. The van der Waals surface area contributed by atoms with Gasteiger partial charge in [0.05, 0.1) is 12.6 Å². The van der Waals surface area contributed by atoms with Crippen LogP contribution in [0.5, 0.6) is 0 Å². The predicted molar refractivity (Wildman–Crippen MR) is 111 cm³/mol. The summed E-state index contributed by atoms with van der Waals surface area (Å²) < 4.78 is 0. The van der Waals surface area contributed by atoms with Gasteiger partial charge in [-0.05, 0) is 30.7 Å². The van der Waals surface area contributed by atoms with E-state index in [0.717, 1.165) is 24.3 Å². The third-order valence-corrected chi connectivity index (χ3v) is 6.59. The lowest BCUT2D eigenvalue weighted by molar-refractivity contribution is -0.140. The summed E-state index contributed by atoms with van der Waals surface area (Å²) in [5, 5.41) is 4.18. The lowest BCUT2D eigenvalue weighted by Crippen LogP contribution is -2.50. The zero-order valence-electron chi connectivity index (χ0n) is 17.4. The molecule has 2 bridgehead atoms. The Morgan fingerprint density at radius 1 is 1.10 bits per heavy atom. The molecule has 2 heterocycles. The lowest BCUT2D eigenvalue weighted by atomic mass is 9.82. The minimum atomic E-state index is -0.526. The number of nitrogens with one attached hydrogen (secondary N) is 1. The number of carbonyl (C=O) groups is 3. The smallest absolute Gasteiger partial charge is 0.345 e. The van der Waals surface area contributed by atoms with Crippen molar-refractivity contribution in [3.05, 3.63) is 35.9 Å². The molecule has 0 radical (unpaired) electrons. The second kappa shape index (κ2) is 9.60. The van der Waals surface area contributed by atoms with Crippen molar-refractivity contribution in [2.45, 2.75) is 70.1 Å². The van der Waals surface area contributed by atoms with E-state index in [4.69, 9.17) is 4.84 Å². The average molecular weight is 414 g/mol. The van der Waals surface area contributed by atoms with Gasteiger partial charge >= 0.3 is 6.03 Å². The number of Topliss-reactive ketones (excluding diaryl/α,β-unsaturated/α-hetero) is 1. The molecule has 3 amide bonds. The molecule has 1 aliphatic carbocycles. The summed E-state index contributed by atoms with van der Waals surface area (Å²) in [5.74, 6) is 0.631. The van der Waals surface area contributed by atoms with Gasteiger partial charge in [-0.25, -0.2) is 4.79 Å². The average Bonchev–Trinajstić information content (AvgIpc) is 2.97. The molecule has 0 aromatic heterocycles. The van der Waals surface area contributed by atoms with Gasteiger partial charge in [0.25, 0.3) is 0 Å². The summed E-state index contributed by atoms with van der Waals surface area (Å²) in [6, 6.07) is 8.88. The quantitative estimate of drug-likeness (QED) is 0.639. The minimum absolute atomic E-state index is 0.0293. The molecule has 162 valence electrons. The molecule has 7 heteroatoms. The Morgan fingerprint density at radius 3 is 2.63 bits per heavy atom. The zero-order valence-corrected chi connectivity index (χ0v) is 17.4. The standard InChI is InChI=1S/C23H31N3O4/c27-20(11-5-10-17-8-4-9-17)14-24-22(28)21-13-12-19-15-25(21)23(29)26(19)30-16-18-6-2-1-3-7-18/h1-3,6-7,17,19,21H,4-5,8-16H2,(H,24,28)/t19-,21+/m1/s1. The Bertz CT molecular complexity index is 765. The van der Waals surface area contributed by atoms with Crippen LogP contribution in [0.1, 0.15) is 56.9 Å². The maximum absolute atomic E-state index is 12.8. The number of piperidine rings is 1. The lowest BCUT2D eigenvalue weighted by Gasteiger charge is -2.29. The van der Waals surface area contributed by atoms with Crippen LogP contribution >= 0.6 is 0 Å². The topological polar surface area (TPSA) is 79.0 Å². The highest BCUT2D eigenvalue weighted by Crippen LogP contribution is 2.31. The van der Waals surface area contributed by atoms with Crippen LogP contribution in [-0.4, -0.2) is 52.9 Å². The molecule has 1 N–H and O–H groups in total. The molecule has 0 spiro atoms. The first kappa shape index (κ1) is 20.8. The number of fused-ring (bicyclic) bond motifs is 2. The fourth-order valence-corrected chi connectivity index (χ4v) is 4.55. The molecule has 2 atom stereocenters. The Morgan fingerprint density at radius 2 is 1.90 bits per heavy atom. The molecule has 1 aromatic rings. The number of benzene rings is 1. The zero-order chi connectivity index (χ0) is 20.9. The molecule has 0 unspecified atom stereocenters. The molecule has 7 nitrogen and oxygen atoms in total. The number of hydroxylamine groups is 2. The maximum Gasteiger partial charge on any atom is 0.345 e. The summed E-state index contributed by atoms with van der Waals surface area (Å²) in [7, 11) is 0. The van der Waals surface area contributed by atoms with Gasteiger partial charge in [0.15, 0.2) is 5.78 Å². The van der Waals surface area contributed by atoms with Crippen LogP contribution in [-0.2, 0) is 21.0 Å². The van der Waals surface area contributed by atoms with Gasteiger partial charge < -0.3 is 10.2 Å². The van der Waals surface area contributed by atoms with E-state index in [1.165, 1.54) is 24.3 Å². The van der Waals surface area contributed by atoms with E-state index in [1.54, 1.807) is 4.90 Å². The van der Waals surface area contributed by atoms with E-state index in [-0.39, 0.29) is 30.3 Å². The van der Waals surface area contributed by atoms with Crippen LogP contribution in [0.4, 0.5) is 4.79 Å². The summed E-state index contributed by atoms with van der Waals surface area (Å²) in [6.45, 7) is 0.865. The van der Waals surface area contributed by atoms with Gasteiger partial charge in [0, 0.05) is 13.0 Å². The first-order valence-corrected chi connectivity index (χ1v) is 11.2. The highest BCUT2D eigenvalue weighted by molar-refractivity contribution is 5.91. The summed E-state index contributed by atoms with van der Waals surface area (Å²) >= 11 is 0. The largest absolute Gasteiger partial charge is 0.347 e. The molecule has 1 aromatic carbocycles. The van der Waals surface area contributed by atoms with Crippen LogP contribution in [0.3, 0.4) is 0 Å². The van der Waals surface area contributed by atoms with Crippen LogP contribution in [0.25, 0.3) is 0 Å². The van der Waals surface area contributed by atoms with Crippen molar-refractivity contribution in [2.24, 2.45) is 5.92 Å². The molecule has 30 heavy (non-hydrogen) atoms. The van der Waals surface area contributed by atoms with E-state index in [1.807, 2.05) is 30.3 Å². The summed E-state index contributed by atoms with van der Waals surface area (Å²) in [6.07, 6.45) is 7.75. The van der Waals surface area contributed by atoms with Crippen molar-refractivity contribution in [1.29, 1.82) is 0 Å². The summed E-state index contributed by atoms with van der Waals surface area (Å²) in [5.41, 5.74) is 0.992. The van der Waals surface area contributed by atoms with E-state index < -0.39 is 6.04 Å². The highest BCUT2D eigenvalue weighted by Gasteiger charge is 2.47. The number of hydrogen-bond donors (Lipinski definition) is 1. The van der Waals surface area contributed by atoms with Crippen molar-refractivity contribution in [2.75, 3.05) is 13.1 Å². The predicted octanol–water partition coefficient (Wildman–Crippen LogP) is 3.04. The number of hydrogen-bond acceptors (Lipinski definition) is 4. The maximum atomic E-state index is 12.8. The van der Waals surface area contributed by atoms with E-state index in [0.29, 0.717) is 32.4 Å². The Hall–Kier alpha value is -2.41. The first-order chi connectivity index (χ1) is 14.6. The minimum Gasteiger partial charge on any atom is -0.347 e. The van der Waals surface area contributed by atoms with E-state index >= 15 is 0 Å². The van der Waals surface area contributed by atoms with E-state index in [2.05, 4.69) is 5.32 Å². The number of carbonyl (C=O) groups excluding carboxylic acids is 3. The molecule has 4 rings (SSSR count). The van der Waals surface area contributed by atoms with Gasteiger partial charge in [-0.2, -0.15) is 5.06 Å². The molecule has 3 fully saturated rings. The molecule has 2 saturated heterocycles. The monoisotopic (exact) mass is 413 g/mol. The second-order valence-electron chi connectivity index (χ2n) is 8.71. The molecule has 1 saturated carbocycles. The third-order valence-electron chi connectivity index (χ3n) is 6.59. The van der Waals surface area contributed by atoms with Crippen molar-refractivity contribution < 1.29 is 19.2 Å². The van der Waals surface area contributed by atoms with Gasteiger partial charge in [0.1, 0.15) is 12.6 Å². The third kappa shape index (κ3) is 4.83. The fraction of sp³-hybridized carbons (Fsp3) is 0.609. The Balaban J connectivity index is 1.22. The van der Waals surface area contributed by atoms with Crippen LogP contribution in [0, 0.1) is 5.92 Å². The van der Waals surface area contributed by atoms with Gasteiger partial charge in [-0.3, -0.25) is 14.4 Å². The van der Waals surface area contributed by atoms with Crippen LogP contribution in [0.15, 0.2) is 30.3 Å². The number of nitrogens with zero attached hydrogens (tertiary/aromatic N) is 2. The van der Waals surface area contributed by atoms with Crippen molar-refractivity contribution in [3.63, 3.8) is 0 Å². The molecule has 2 aliphatic heterocycles. The number of urea groups is 1. The number of amides is 3. The fourth-order valence-electron chi connectivity index (χ4n) is 4.55. The van der Waals surface area contributed by atoms with Crippen molar-refractivity contribution in [1.82, 2.24) is 15.3 Å². The molecular weight excluding hydrogens is 382 g/mol. The second-order valence-corrected chi connectivity index (χ2v) is 8.71.